The van der Waals surface area contributed by atoms with E-state index in [4.69, 9.17) is 30.8 Å². The summed E-state index contributed by atoms with van der Waals surface area (Å²) in [6.07, 6.45) is 0. The van der Waals surface area contributed by atoms with Crippen LogP contribution in [0.4, 0.5) is 5.69 Å². The summed E-state index contributed by atoms with van der Waals surface area (Å²) in [5, 5.41) is 5.91. The molecule has 9 heteroatoms. The Bertz CT molecular complexity index is 1410. The maximum atomic E-state index is 12.9. The molecule has 0 fully saturated rings. The monoisotopic (exact) mass is 491 g/mol. The maximum Gasteiger partial charge on any atom is 0.257 e. The smallest absolute Gasteiger partial charge is 0.257 e. The van der Waals surface area contributed by atoms with E-state index in [9.17, 15) is 4.79 Å². The highest BCUT2D eigenvalue weighted by atomic mass is 32.1. The van der Waals surface area contributed by atoms with Crippen molar-refractivity contribution < 1.29 is 23.4 Å². The molecule has 0 bridgehead atoms. The van der Waals surface area contributed by atoms with Crippen molar-refractivity contribution in [2.45, 2.75) is 13.8 Å². The van der Waals surface area contributed by atoms with Crippen LogP contribution >= 0.6 is 12.2 Å². The first kappa shape index (κ1) is 24.0. The Labute approximate surface area is 208 Å². The number of aromatic nitrogens is 1. The third-order valence-corrected chi connectivity index (χ3v) is 5.63. The number of ether oxygens (including phenoxy) is 3. The lowest BCUT2D eigenvalue weighted by Gasteiger charge is -2.15. The summed E-state index contributed by atoms with van der Waals surface area (Å²) in [6, 6.07) is 14.7. The van der Waals surface area contributed by atoms with Crippen molar-refractivity contribution in [1.82, 2.24) is 10.3 Å². The number of carbonyl (C=O) groups excluding carboxylic acids is 1. The minimum atomic E-state index is -0.426. The SMILES string of the molecule is COc1cc(C(=O)NC(=S)Nc2cc(-c3nc4cc(C)ccc4o3)ccc2C)cc(OC)c1OC. The molecule has 0 unspecified atom stereocenters. The van der Waals surface area contributed by atoms with Gasteiger partial charge in [0.15, 0.2) is 22.2 Å². The number of aryl methyl sites for hydroxylation is 2. The van der Waals surface area contributed by atoms with Crippen molar-refractivity contribution in [3.05, 3.63) is 65.2 Å². The average molecular weight is 492 g/mol. The molecule has 4 rings (SSSR count). The van der Waals surface area contributed by atoms with Gasteiger partial charge in [-0.2, -0.15) is 0 Å². The summed E-state index contributed by atoms with van der Waals surface area (Å²) in [4.78, 5) is 17.5. The summed E-state index contributed by atoms with van der Waals surface area (Å²) in [6.45, 7) is 3.94. The number of oxazole rings is 1. The molecule has 8 nitrogen and oxygen atoms in total. The summed E-state index contributed by atoms with van der Waals surface area (Å²) in [5.41, 5.74) is 5.36. The van der Waals surface area contributed by atoms with Crippen LogP contribution in [0, 0.1) is 13.8 Å². The first-order chi connectivity index (χ1) is 16.8. The molecule has 2 N–H and O–H groups in total. The van der Waals surface area contributed by atoms with E-state index in [2.05, 4.69) is 15.6 Å². The molecule has 0 aliphatic heterocycles. The van der Waals surface area contributed by atoms with Gasteiger partial charge < -0.3 is 23.9 Å². The molecule has 4 aromatic rings. The van der Waals surface area contributed by atoms with Crippen LogP contribution in [0.25, 0.3) is 22.6 Å². The lowest BCUT2D eigenvalue weighted by molar-refractivity contribution is 0.0977. The van der Waals surface area contributed by atoms with Gasteiger partial charge in [0.05, 0.1) is 21.3 Å². The van der Waals surface area contributed by atoms with Crippen molar-refractivity contribution in [2.75, 3.05) is 26.6 Å². The number of nitrogens with zero attached hydrogens (tertiary/aromatic N) is 1. The quantitative estimate of drug-likeness (QED) is 0.353. The van der Waals surface area contributed by atoms with E-state index in [0.29, 0.717) is 34.3 Å². The van der Waals surface area contributed by atoms with Crippen molar-refractivity contribution in [2.24, 2.45) is 0 Å². The fourth-order valence-electron chi connectivity index (χ4n) is 3.59. The number of anilines is 1. The number of hydrogen-bond acceptors (Lipinski definition) is 7. The van der Waals surface area contributed by atoms with Crippen LogP contribution in [0.15, 0.2) is 52.9 Å². The molecule has 180 valence electrons. The fraction of sp³-hybridized carbons (Fsp3) is 0.192. The highest BCUT2D eigenvalue weighted by Crippen LogP contribution is 2.38. The molecule has 0 atom stereocenters. The Morgan fingerprint density at radius 1 is 0.943 bits per heavy atom. The number of hydrogen-bond donors (Lipinski definition) is 2. The minimum absolute atomic E-state index is 0.136. The van der Waals surface area contributed by atoms with Gasteiger partial charge in [-0.25, -0.2) is 4.98 Å². The molecule has 35 heavy (non-hydrogen) atoms. The van der Waals surface area contributed by atoms with Gasteiger partial charge >= 0.3 is 0 Å². The van der Waals surface area contributed by atoms with Crippen LogP contribution in [-0.2, 0) is 0 Å². The Morgan fingerprint density at radius 2 is 1.66 bits per heavy atom. The normalized spacial score (nSPS) is 10.7. The van der Waals surface area contributed by atoms with Gasteiger partial charge in [0.1, 0.15) is 5.52 Å². The van der Waals surface area contributed by atoms with Crippen molar-refractivity contribution in [3.8, 4) is 28.7 Å². The number of fused-ring (bicyclic) bond motifs is 1. The summed E-state index contributed by atoms with van der Waals surface area (Å²) in [7, 11) is 4.47. The van der Waals surface area contributed by atoms with Crippen molar-refractivity contribution >= 4 is 40.0 Å². The third kappa shape index (κ3) is 5.04. The molecule has 1 aromatic heterocycles. The van der Waals surface area contributed by atoms with Crippen molar-refractivity contribution in [1.29, 1.82) is 0 Å². The van der Waals surface area contributed by atoms with Gasteiger partial charge in [-0.1, -0.05) is 12.1 Å². The molecule has 1 amide bonds. The zero-order valence-electron chi connectivity index (χ0n) is 20.0. The van der Waals surface area contributed by atoms with E-state index in [-0.39, 0.29) is 5.11 Å². The number of carbonyl (C=O) groups is 1. The second-order valence-electron chi connectivity index (χ2n) is 7.84. The largest absolute Gasteiger partial charge is 0.493 e. The molecule has 0 aliphatic carbocycles. The van der Waals surface area contributed by atoms with Gasteiger partial charge in [-0.05, 0) is 73.6 Å². The minimum Gasteiger partial charge on any atom is -0.493 e. The zero-order chi connectivity index (χ0) is 25.1. The predicted molar refractivity (Wildman–Crippen MR) is 139 cm³/mol. The van der Waals surface area contributed by atoms with Crippen LogP contribution in [0.2, 0.25) is 0 Å². The first-order valence-corrected chi connectivity index (χ1v) is 11.1. The van der Waals surface area contributed by atoms with Gasteiger partial charge in [-0.15, -0.1) is 0 Å². The van der Waals surface area contributed by atoms with Crippen LogP contribution in [0.5, 0.6) is 17.2 Å². The molecular weight excluding hydrogens is 466 g/mol. The zero-order valence-corrected chi connectivity index (χ0v) is 20.8. The third-order valence-electron chi connectivity index (χ3n) is 5.43. The van der Waals surface area contributed by atoms with Crippen LogP contribution in [-0.4, -0.2) is 37.3 Å². The Hall–Kier alpha value is -4.11. The molecule has 0 radical (unpaired) electrons. The maximum absolute atomic E-state index is 12.9. The van der Waals surface area contributed by atoms with Gasteiger partial charge in [0.25, 0.3) is 5.91 Å². The van der Waals surface area contributed by atoms with E-state index < -0.39 is 5.91 Å². The van der Waals surface area contributed by atoms with E-state index >= 15 is 0 Å². The highest BCUT2D eigenvalue weighted by Gasteiger charge is 2.18. The highest BCUT2D eigenvalue weighted by molar-refractivity contribution is 7.80. The molecular formula is C26H25N3O5S. The fourth-order valence-corrected chi connectivity index (χ4v) is 3.79. The second kappa shape index (κ2) is 10.0. The van der Waals surface area contributed by atoms with Crippen LogP contribution in [0.1, 0.15) is 21.5 Å². The molecule has 3 aromatic carbocycles. The summed E-state index contributed by atoms with van der Waals surface area (Å²) < 4.78 is 21.9. The molecule has 0 spiro atoms. The lowest BCUT2D eigenvalue weighted by atomic mass is 10.1. The van der Waals surface area contributed by atoms with Crippen molar-refractivity contribution in [3.63, 3.8) is 0 Å². The molecule has 0 saturated heterocycles. The van der Waals surface area contributed by atoms with E-state index in [1.807, 2.05) is 50.2 Å². The predicted octanol–water partition coefficient (Wildman–Crippen LogP) is 5.26. The molecule has 0 aliphatic rings. The van der Waals surface area contributed by atoms with Crippen LogP contribution in [0.3, 0.4) is 0 Å². The first-order valence-electron chi connectivity index (χ1n) is 10.7. The Morgan fingerprint density at radius 3 is 2.31 bits per heavy atom. The number of amides is 1. The standard InChI is InChI=1S/C26H25N3O5S/c1-14-6-9-20-19(10-14)27-25(34-20)16-8-7-15(2)18(11-16)28-26(35)29-24(30)17-12-21(31-3)23(33-5)22(13-17)32-4/h6-13H,1-5H3,(H2,28,29,30,35). The number of thiocarbonyl (C=S) groups is 1. The van der Waals surface area contributed by atoms with E-state index in [1.54, 1.807) is 12.1 Å². The van der Waals surface area contributed by atoms with E-state index in [1.165, 1.54) is 21.3 Å². The number of rotatable bonds is 6. The average Bonchev–Trinajstić information content (AvgIpc) is 3.27. The van der Waals surface area contributed by atoms with E-state index in [0.717, 1.165) is 27.9 Å². The van der Waals surface area contributed by atoms with Crippen LogP contribution < -0.4 is 24.8 Å². The van der Waals surface area contributed by atoms with Gasteiger partial charge in [0, 0.05) is 16.8 Å². The molecule has 1 heterocycles. The number of nitrogens with one attached hydrogen (secondary N) is 2. The topological polar surface area (TPSA) is 94.9 Å². The van der Waals surface area contributed by atoms with Gasteiger partial charge in [-0.3, -0.25) is 10.1 Å². The summed E-state index contributed by atoms with van der Waals surface area (Å²) >= 11 is 5.40. The lowest BCUT2D eigenvalue weighted by Crippen LogP contribution is -2.34. The second-order valence-corrected chi connectivity index (χ2v) is 8.25. The number of benzene rings is 3. The number of methoxy groups -OCH3 is 3. The summed E-state index contributed by atoms with van der Waals surface area (Å²) in [5.74, 6) is 1.21. The Balaban J connectivity index is 1.53. The van der Waals surface area contributed by atoms with Gasteiger partial charge in [0.2, 0.25) is 11.6 Å². The Kier molecular flexibility index (Phi) is 6.88. The molecule has 0 saturated carbocycles.